The molecule has 20 heavy (non-hydrogen) atoms. The molecule has 0 saturated carbocycles. The fourth-order valence-corrected chi connectivity index (χ4v) is 3.44. The molecule has 0 fully saturated rings. The standard InChI is InChI=1S/C16H17N3S/c1-10-7-8-20-16(10)15(19-17)13-5-6-14-12(9-13)4-3-11(2)18-14/h3-9,15,19H,17H2,1-2H3. The molecule has 1 aromatic carbocycles. The number of thiophene rings is 1. The number of aryl methyl sites for hydroxylation is 2. The molecular weight excluding hydrogens is 266 g/mol. The molecular formula is C16H17N3S. The van der Waals surface area contributed by atoms with Crippen LogP contribution in [0.4, 0.5) is 0 Å². The van der Waals surface area contributed by atoms with Crippen molar-refractivity contribution in [2.75, 3.05) is 0 Å². The molecule has 1 unspecified atom stereocenters. The van der Waals surface area contributed by atoms with Crippen LogP contribution in [0.3, 0.4) is 0 Å². The van der Waals surface area contributed by atoms with E-state index in [9.17, 15) is 0 Å². The summed E-state index contributed by atoms with van der Waals surface area (Å²) in [5.74, 6) is 5.77. The number of nitrogens with zero attached hydrogens (tertiary/aromatic N) is 1. The zero-order chi connectivity index (χ0) is 14.1. The molecule has 0 radical (unpaired) electrons. The Labute approximate surface area is 122 Å². The maximum absolute atomic E-state index is 5.77. The third-order valence-electron chi connectivity index (χ3n) is 3.52. The van der Waals surface area contributed by atoms with Gasteiger partial charge in [0.05, 0.1) is 11.6 Å². The minimum absolute atomic E-state index is 0.0284. The van der Waals surface area contributed by atoms with E-state index in [2.05, 4.69) is 53.0 Å². The third-order valence-corrected chi connectivity index (χ3v) is 4.60. The van der Waals surface area contributed by atoms with Gasteiger partial charge in [-0.15, -0.1) is 11.3 Å². The van der Waals surface area contributed by atoms with Gasteiger partial charge in [0.2, 0.25) is 0 Å². The van der Waals surface area contributed by atoms with Crippen LogP contribution in [0, 0.1) is 13.8 Å². The first-order chi connectivity index (χ1) is 9.69. The molecule has 3 aromatic rings. The zero-order valence-corrected chi connectivity index (χ0v) is 12.4. The second-order valence-electron chi connectivity index (χ2n) is 4.97. The highest BCUT2D eigenvalue weighted by molar-refractivity contribution is 7.10. The van der Waals surface area contributed by atoms with Gasteiger partial charge in [0.1, 0.15) is 0 Å². The zero-order valence-electron chi connectivity index (χ0n) is 11.6. The number of nitrogens with one attached hydrogen (secondary N) is 1. The van der Waals surface area contributed by atoms with E-state index in [0.29, 0.717) is 0 Å². The van der Waals surface area contributed by atoms with Crippen LogP contribution in [0.15, 0.2) is 41.8 Å². The summed E-state index contributed by atoms with van der Waals surface area (Å²) in [7, 11) is 0. The van der Waals surface area contributed by atoms with E-state index in [1.165, 1.54) is 10.4 Å². The highest BCUT2D eigenvalue weighted by Gasteiger charge is 2.16. The summed E-state index contributed by atoms with van der Waals surface area (Å²) in [6.45, 7) is 4.12. The molecule has 0 amide bonds. The lowest BCUT2D eigenvalue weighted by molar-refractivity contribution is 0.644. The van der Waals surface area contributed by atoms with E-state index in [4.69, 9.17) is 5.84 Å². The fourth-order valence-electron chi connectivity index (χ4n) is 2.43. The summed E-state index contributed by atoms with van der Waals surface area (Å²) in [6, 6.07) is 12.6. The minimum atomic E-state index is 0.0284. The largest absolute Gasteiger partial charge is 0.271 e. The van der Waals surface area contributed by atoms with Crippen LogP contribution in [0.1, 0.15) is 27.7 Å². The molecule has 3 rings (SSSR count). The third kappa shape index (κ3) is 2.33. The van der Waals surface area contributed by atoms with Gasteiger partial charge < -0.3 is 0 Å². The van der Waals surface area contributed by atoms with Crippen LogP contribution in [-0.2, 0) is 0 Å². The molecule has 2 aromatic heterocycles. The van der Waals surface area contributed by atoms with E-state index in [0.717, 1.165) is 22.2 Å². The Morgan fingerprint density at radius 3 is 2.70 bits per heavy atom. The van der Waals surface area contributed by atoms with Crippen LogP contribution in [-0.4, -0.2) is 4.98 Å². The summed E-state index contributed by atoms with van der Waals surface area (Å²) < 4.78 is 0. The van der Waals surface area contributed by atoms with E-state index in [1.807, 2.05) is 13.0 Å². The Kier molecular flexibility index (Phi) is 3.53. The molecule has 4 heteroatoms. The van der Waals surface area contributed by atoms with Crippen molar-refractivity contribution in [3.8, 4) is 0 Å². The fraction of sp³-hybridized carbons (Fsp3) is 0.188. The van der Waals surface area contributed by atoms with Crippen LogP contribution in [0.2, 0.25) is 0 Å². The first kappa shape index (κ1) is 13.2. The molecule has 0 aliphatic rings. The molecule has 0 saturated heterocycles. The number of hydrogen-bond donors (Lipinski definition) is 2. The monoisotopic (exact) mass is 283 g/mol. The quantitative estimate of drug-likeness (QED) is 0.571. The minimum Gasteiger partial charge on any atom is -0.271 e. The lowest BCUT2D eigenvalue weighted by atomic mass is 10.0. The number of rotatable bonds is 3. The summed E-state index contributed by atoms with van der Waals surface area (Å²) in [6.07, 6.45) is 0. The van der Waals surface area contributed by atoms with Crippen molar-refractivity contribution in [2.45, 2.75) is 19.9 Å². The molecule has 0 aliphatic heterocycles. The number of aromatic nitrogens is 1. The van der Waals surface area contributed by atoms with Crippen molar-refractivity contribution in [1.82, 2.24) is 10.4 Å². The van der Waals surface area contributed by atoms with Crippen molar-refractivity contribution in [2.24, 2.45) is 5.84 Å². The summed E-state index contributed by atoms with van der Waals surface area (Å²) in [4.78, 5) is 5.79. The van der Waals surface area contributed by atoms with Crippen LogP contribution in [0.5, 0.6) is 0 Å². The van der Waals surface area contributed by atoms with Crippen molar-refractivity contribution >= 4 is 22.2 Å². The lowest BCUT2D eigenvalue weighted by Gasteiger charge is -2.16. The Bertz CT molecular complexity index is 748. The number of fused-ring (bicyclic) bond motifs is 1. The van der Waals surface area contributed by atoms with Gasteiger partial charge in [-0.1, -0.05) is 12.1 Å². The predicted octanol–water partition coefficient (Wildman–Crippen LogP) is 3.47. The number of hydrogen-bond acceptors (Lipinski definition) is 4. The number of benzene rings is 1. The molecule has 102 valence electrons. The molecule has 0 aliphatic carbocycles. The Morgan fingerprint density at radius 2 is 2.00 bits per heavy atom. The van der Waals surface area contributed by atoms with E-state index < -0.39 is 0 Å². The Morgan fingerprint density at radius 1 is 1.15 bits per heavy atom. The molecule has 2 heterocycles. The van der Waals surface area contributed by atoms with Gasteiger partial charge in [-0.25, -0.2) is 5.43 Å². The number of nitrogens with two attached hydrogens (primary N) is 1. The molecule has 1 atom stereocenters. The first-order valence-corrected chi connectivity index (χ1v) is 7.44. The predicted molar refractivity (Wildman–Crippen MR) is 84.7 cm³/mol. The topological polar surface area (TPSA) is 50.9 Å². The van der Waals surface area contributed by atoms with Crippen LogP contribution in [0.25, 0.3) is 10.9 Å². The Hall–Kier alpha value is -1.75. The van der Waals surface area contributed by atoms with Crippen molar-refractivity contribution in [3.63, 3.8) is 0 Å². The van der Waals surface area contributed by atoms with E-state index >= 15 is 0 Å². The maximum Gasteiger partial charge on any atom is 0.0805 e. The number of pyridine rings is 1. The van der Waals surface area contributed by atoms with Crippen molar-refractivity contribution < 1.29 is 0 Å². The van der Waals surface area contributed by atoms with Gasteiger partial charge in [-0.2, -0.15) is 0 Å². The van der Waals surface area contributed by atoms with E-state index in [-0.39, 0.29) is 6.04 Å². The first-order valence-electron chi connectivity index (χ1n) is 6.56. The highest BCUT2D eigenvalue weighted by Crippen LogP contribution is 2.30. The number of hydrazine groups is 1. The second-order valence-corrected chi connectivity index (χ2v) is 5.92. The van der Waals surface area contributed by atoms with Gasteiger partial charge in [-0.3, -0.25) is 10.8 Å². The summed E-state index contributed by atoms with van der Waals surface area (Å²) >= 11 is 1.73. The normalized spacial score (nSPS) is 12.8. The average molecular weight is 283 g/mol. The van der Waals surface area contributed by atoms with Gasteiger partial charge in [0.25, 0.3) is 0 Å². The molecule has 0 bridgehead atoms. The highest BCUT2D eigenvalue weighted by atomic mass is 32.1. The molecule has 3 nitrogen and oxygen atoms in total. The van der Waals surface area contributed by atoms with Gasteiger partial charge in [0.15, 0.2) is 0 Å². The van der Waals surface area contributed by atoms with Gasteiger partial charge in [-0.05, 0) is 54.6 Å². The molecule has 0 spiro atoms. The van der Waals surface area contributed by atoms with Gasteiger partial charge >= 0.3 is 0 Å². The van der Waals surface area contributed by atoms with Crippen molar-refractivity contribution in [1.29, 1.82) is 0 Å². The van der Waals surface area contributed by atoms with Crippen LogP contribution < -0.4 is 11.3 Å². The average Bonchev–Trinajstić information content (AvgIpc) is 2.86. The Balaban J connectivity index is 2.08. The maximum atomic E-state index is 5.77. The smallest absolute Gasteiger partial charge is 0.0805 e. The van der Waals surface area contributed by atoms with E-state index in [1.54, 1.807) is 11.3 Å². The molecule has 3 N–H and O–H groups in total. The lowest BCUT2D eigenvalue weighted by Crippen LogP contribution is -2.28. The van der Waals surface area contributed by atoms with Crippen molar-refractivity contribution in [3.05, 3.63) is 63.5 Å². The summed E-state index contributed by atoms with van der Waals surface area (Å²) in [5, 5.41) is 3.24. The van der Waals surface area contributed by atoms with Gasteiger partial charge in [0, 0.05) is 16.0 Å². The summed E-state index contributed by atoms with van der Waals surface area (Å²) in [5.41, 5.74) is 7.41. The SMILES string of the molecule is Cc1ccc2cc(C(NN)c3sccc3C)ccc2n1. The second kappa shape index (κ2) is 5.32. The van der Waals surface area contributed by atoms with Crippen LogP contribution >= 0.6 is 11.3 Å².